The number of hydrogen-bond acceptors (Lipinski definition) is 3. The molecule has 1 aromatic carbocycles. The number of carbonyl (C=O) groups is 2. The van der Waals surface area contributed by atoms with Gasteiger partial charge in [0.05, 0.1) is 6.54 Å². The lowest BCUT2D eigenvalue weighted by atomic mass is 9.99. The zero-order chi connectivity index (χ0) is 15.8. The highest BCUT2D eigenvalue weighted by molar-refractivity contribution is 5.80. The van der Waals surface area contributed by atoms with Crippen molar-refractivity contribution in [3.05, 3.63) is 35.9 Å². The Morgan fingerprint density at radius 1 is 1.29 bits per heavy atom. The van der Waals surface area contributed by atoms with Gasteiger partial charge >= 0.3 is 5.97 Å². The lowest BCUT2D eigenvalue weighted by molar-refractivity contribution is -0.141. The summed E-state index contributed by atoms with van der Waals surface area (Å²) in [7, 11) is 1.72. The van der Waals surface area contributed by atoms with Gasteiger partial charge in [0.15, 0.2) is 0 Å². The molecule has 0 bridgehead atoms. The number of carboxylic acid groups (broad SMARTS) is 1. The molecule has 1 aromatic rings. The van der Waals surface area contributed by atoms with Crippen molar-refractivity contribution >= 4 is 11.9 Å². The van der Waals surface area contributed by atoms with Crippen LogP contribution in [0.4, 0.5) is 0 Å². The van der Waals surface area contributed by atoms with Crippen LogP contribution in [0, 0.1) is 5.92 Å². The first-order chi connectivity index (χ1) is 9.95. The minimum atomic E-state index is -0.914. The van der Waals surface area contributed by atoms with Crippen LogP contribution < -0.4 is 5.32 Å². The van der Waals surface area contributed by atoms with E-state index in [1.165, 1.54) is 0 Å². The number of benzene rings is 1. The van der Waals surface area contributed by atoms with Gasteiger partial charge in [0.1, 0.15) is 6.04 Å². The third kappa shape index (κ3) is 5.55. The third-order valence-electron chi connectivity index (χ3n) is 3.64. The molecule has 116 valence electrons. The minimum absolute atomic E-state index is 0.0188. The molecule has 0 unspecified atom stereocenters. The third-order valence-corrected chi connectivity index (χ3v) is 3.64. The number of carboxylic acids is 1. The summed E-state index contributed by atoms with van der Waals surface area (Å²) in [6, 6.07) is 9.00. The SMILES string of the molecule is CC[C@H](C)[C@H](NCC(=O)N(C)Cc1ccccc1)C(=O)O. The second-order valence-electron chi connectivity index (χ2n) is 5.32. The van der Waals surface area contributed by atoms with Gasteiger partial charge in [0.2, 0.25) is 5.91 Å². The van der Waals surface area contributed by atoms with Gasteiger partial charge in [-0.2, -0.15) is 0 Å². The second-order valence-corrected chi connectivity index (χ2v) is 5.32. The van der Waals surface area contributed by atoms with Crippen molar-refractivity contribution in [2.24, 2.45) is 5.92 Å². The van der Waals surface area contributed by atoms with Crippen LogP contribution in [-0.2, 0) is 16.1 Å². The molecule has 0 fully saturated rings. The fourth-order valence-corrected chi connectivity index (χ4v) is 2.05. The largest absolute Gasteiger partial charge is 0.480 e. The molecule has 2 N–H and O–H groups in total. The van der Waals surface area contributed by atoms with Crippen molar-refractivity contribution in [2.45, 2.75) is 32.9 Å². The summed E-state index contributed by atoms with van der Waals surface area (Å²) in [5.74, 6) is -1.05. The van der Waals surface area contributed by atoms with E-state index < -0.39 is 12.0 Å². The molecule has 0 aromatic heterocycles. The van der Waals surface area contributed by atoms with Gasteiger partial charge in [-0.15, -0.1) is 0 Å². The van der Waals surface area contributed by atoms with E-state index in [4.69, 9.17) is 0 Å². The maximum absolute atomic E-state index is 12.1. The summed E-state index contributed by atoms with van der Waals surface area (Å²) in [6.07, 6.45) is 0.748. The molecule has 0 aliphatic carbocycles. The summed E-state index contributed by atoms with van der Waals surface area (Å²) in [5, 5.41) is 12.0. The first kappa shape index (κ1) is 17.2. The Balaban J connectivity index is 2.50. The number of nitrogens with one attached hydrogen (secondary N) is 1. The van der Waals surface area contributed by atoms with Gasteiger partial charge in [-0.05, 0) is 11.5 Å². The van der Waals surface area contributed by atoms with Crippen LogP contribution in [0.2, 0.25) is 0 Å². The van der Waals surface area contributed by atoms with Crippen LogP contribution in [0.3, 0.4) is 0 Å². The lowest BCUT2D eigenvalue weighted by Gasteiger charge is -2.22. The monoisotopic (exact) mass is 292 g/mol. The maximum atomic E-state index is 12.1. The van der Waals surface area contributed by atoms with Gasteiger partial charge in [-0.1, -0.05) is 50.6 Å². The zero-order valence-electron chi connectivity index (χ0n) is 12.9. The first-order valence-electron chi connectivity index (χ1n) is 7.19. The van der Waals surface area contributed by atoms with E-state index in [1.54, 1.807) is 11.9 Å². The smallest absolute Gasteiger partial charge is 0.320 e. The molecule has 2 atom stereocenters. The van der Waals surface area contributed by atoms with Crippen LogP contribution in [-0.4, -0.2) is 41.5 Å². The maximum Gasteiger partial charge on any atom is 0.320 e. The molecule has 0 aliphatic rings. The number of hydrogen-bond donors (Lipinski definition) is 2. The van der Waals surface area contributed by atoms with Crippen molar-refractivity contribution < 1.29 is 14.7 Å². The minimum Gasteiger partial charge on any atom is -0.480 e. The molecular formula is C16H24N2O3. The summed E-state index contributed by atoms with van der Waals surface area (Å²) >= 11 is 0. The van der Waals surface area contributed by atoms with Crippen LogP contribution in [0.25, 0.3) is 0 Å². The van der Waals surface area contributed by atoms with Gasteiger partial charge in [-0.3, -0.25) is 14.9 Å². The van der Waals surface area contributed by atoms with Gasteiger partial charge in [-0.25, -0.2) is 0 Å². The van der Waals surface area contributed by atoms with Gasteiger partial charge in [0, 0.05) is 13.6 Å². The summed E-state index contributed by atoms with van der Waals surface area (Å²) < 4.78 is 0. The Kier molecular flexibility index (Phi) is 6.88. The zero-order valence-corrected chi connectivity index (χ0v) is 12.9. The predicted octanol–water partition coefficient (Wildman–Crippen LogP) is 1.73. The topological polar surface area (TPSA) is 69.6 Å². The van der Waals surface area contributed by atoms with Crippen molar-refractivity contribution in [2.75, 3.05) is 13.6 Å². The molecule has 1 rings (SSSR count). The number of likely N-dealkylation sites (N-methyl/N-ethyl adjacent to an activating group) is 1. The normalized spacial score (nSPS) is 13.5. The number of carbonyl (C=O) groups excluding carboxylic acids is 1. The summed E-state index contributed by atoms with van der Waals surface area (Å²) in [6.45, 7) is 4.35. The molecule has 5 heteroatoms. The highest BCUT2D eigenvalue weighted by atomic mass is 16.4. The van der Waals surface area contributed by atoms with Crippen molar-refractivity contribution in [3.8, 4) is 0 Å². The van der Waals surface area contributed by atoms with Crippen molar-refractivity contribution in [1.82, 2.24) is 10.2 Å². The predicted molar refractivity (Wildman–Crippen MR) is 81.8 cm³/mol. The van der Waals surface area contributed by atoms with Crippen LogP contribution in [0.5, 0.6) is 0 Å². The molecular weight excluding hydrogens is 268 g/mol. The van der Waals surface area contributed by atoms with E-state index in [0.29, 0.717) is 6.54 Å². The number of amides is 1. The number of nitrogens with zero attached hydrogens (tertiary/aromatic N) is 1. The Hall–Kier alpha value is -1.88. The lowest BCUT2D eigenvalue weighted by Crippen LogP contribution is -2.46. The van der Waals surface area contributed by atoms with E-state index in [-0.39, 0.29) is 18.4 Å². The molecule has 1 amide bonds. The average molecular weight is 292 g/mol. The van der Waals surface area contributed by atoms with Gasteiger partial charge < -0.3 is 10.0 Å². The molecule has 21 heavy (non-hydrogen) atoms. The van der Waals surface area contributed by atoms with Crippen LogP contribution in [0.1, 0.15) is 25.8 Å². The van der Waals surface area contributed by atoms with Crippen LogP contribution >= 0.6 is 0 Å². The first-order valence-corrected chi connectivity index (χ1v) is 7.19. The molecule has 0 saturated carbocycles. The van der Waals surface area contributed by atoms with E-state index in [2.05, 4.69) is 5.32 Å². The molecule has 0 saturated heterocycles. The van der Waals surface area contributed by atoms with Gasteiger partial charge in [0.25, 0.3) is 0 Å². The molecule has 0 aliphatic heterocycles. The fraction of sp³-hybridized carbons (Fsp3) is 0.500. The summed E-state index contributed by atoms with van der Waals surface area (Å²) in [5.41, 5.74) is 1.05. The van der Waals surface area contributed by atoms with Crippen molar-refractivity contribution in [3.63, 3.8) is 0 Å². The van der Waals surface area contributed by atoms with Crippen molar-refractivity contribution in [1.29, 1.82) is 0 Å². The highest BCUT2D eigenvalue weighted by Crippen LogP contribution is 2.08. The number of aliphatic carboxylic acids is 1. The Morgan fingerprint density at radius 3 is 2.43 bits per heavy atom. The van der Waals surface area contributed by atoms with E-state index in [0.717, 1.165) is 12.0 Å². The molecule has 0 spiro atoms. The van der Waals surface area contributed by atoms with E-state index in [9.17, 15) is 14.7 Å². The fourth-order valence-electron chi connectivity index (χ4n) is 2.05. The van der Waals surface area contributed by atoms with E-state index >= 15 is 0 Å². The Morgan fingerprint density at radius 2 is 1.90 bits per heavy atom. The number of rotatable bonds is 8. The molecule has 0 radical (unpaired) electrons. The Labute approximate surface area is 126 Å². The average Bonchev–Trinajstić information content (AvgIpc) is 2.47. The Bertz CT molecular complexity index is 462. The van der Waals surface area contributed by atoms with Crippen LogP contribution in [0.15, 0.2) is 30.3 Å². The highest BCUT2D eigenvalue weighted by Gasteiger charge is 2.24. The second kappa shape index (κ2) is 8.42. The molecule has 5 nitrogen and oxygen atoms in total. The quantitative estimate of drug-likeness (QED) is 0.765. The summed E-state index contributed by atoms with van der Waals surface area (Å²) in [4.78, 5) is 24.8. The van der Waals surface area contributed by atoms with E-state index in [1.807, 2.05) is 44.2 Å². The standard InChI is InChI=1S/C16H24N2O3/c1-4-12(2)15(16(20)21)17-10-14(19)18(3)11-13-8-6-5-7-9-13/h5-9,12,15,17H,4,10-11H2,1-3H3,(H,20,21)/t12-,15-/m0/s1. The molecule has 0 heterocycles.